The van der Waals surface area contributed by atoms with E-state index in [-0.39, 0.29) is 34.8 Å². The highest BCUT2D eigenvalue weighted by molar-refractivity contribution is 5.95. The lowest BCUT2D eigenvalue weighted by atomic mass is 9.49. The average Bonchev–Trinajstić information content (AvgIpc) is 3.01. The molecular weight excluding hydrogens is 520 g/mol. The second-order valence-corrected chi connectivity index (χ2v) is 11.2. The van der Waals surface area contributed by atoms with Gasteiger partial charge in [-0.15, -0.1) is 0 Å². The highest BCUT2D eigenvalue weighted by atomic mass is 16.4. The Balaban J connectivity index is 1.40. The van der Waals surface area contributed by atoms with E-state index >= 15 is 0 Å². The summed E-state index contributed by atoms with van der Waals surface area (Å²) in [5.41, 5.74) is 5.59. The summed E-state index contributed by atoms with van der Waals surface area (Å²) in [6.45, 7) is 0. The molecule has 0 radical (unpaired) electrons. The maximum Gasteiger partial charge on any atom is 0.335 e. The molecule has 4 heteroatoms. The van der Waals surface area contributed by atoms with Crippen LogP contribution in [0.1, 0.15) is 66.6 Å². The fraction of sp³-hybridized carbons (Fsp3) is 0.105. The number of benzene rings is 6. The summed E-state index contributed by atoms with van der Waals surface area (Å²) >= 11 is 0. The minimum atomic E-state index is -0.929. The quantitative estimate of drug-likeness (QED) is 0.218. The molecule has 0 unspecified atom stereocenters. The Hall–Kier alpha value is -5.22. The molecule has 0 saturated heterocycles. The summed E-state index contributed by atoms with van der Waals surface area (Å²) in [5, 5.41) is 22.8. The number of carbonyl (C=O) groups is 2. The summed E-state index contributed by atoms with van der Waals surface area (Å²) in [5.74, 6) is -1.03. The van der Waals surface area contributed by atoms with Crippen LogP contribution < -0.4 is 0 Å². The number of hydrogen-bond donors (Lipinski definition) is 2. The molecule has 1 aliphatic rings. The fourth-order valence-electron chi connectivity index (χ4n) is 6.97. The van der Waals surface area contributed by atoms with Gasteiger partial charge in [0.2, 0.25) is 0 Å². The van der Waals surface area contributed by atoms with Gasteiger partial charge in [0, 0.05) is 0 Å². The molecule has 0 heterocycles. The normalized spacial score (nSPS) is 19.8. The first kappa shape index (κ1) is 25.7. The molecule has 7 rings (SSSR count). The fourth-order valence-corrected chi connectivity index (χ4v) is 6.97. The predicted molar refractivity (Wildman–Crippen MR) is 166 cm³/mol. The van der Waals surface area contributed by atoms with Gasteiger partial charge in [0.1, 0.15) is 0 Å². The van der Waals surface area contributed by atoms with Crippen molar-refractivity contribution in [2.24, 2.45) is 0 Å². The molecule has 6 aromatic rings. The van der Waals surface area contributed by atoms with Crippen molar-refractivity contribution in [1.82, 2.24) is 0 Å². The summed E-state index contributed by atoms with van der Waals surface area (Å²) < 4.78 is 0. The third kappa shape index (κ3) is 4.42. The van der Waals surface area contributed by atoms with E-state index in [1.54, 1.807) is 24.3 Å². The maximum atomic E-state index is 11.6. The first-order valence-electron chi connectivity index (χ1n) is 14.1. The maximum absolute atomic E-state index is 11.6. The molecule has 1 saturated carbocycles. The van der Waals surface area contributed by atoms with Crippen LogP contribution in [-0.2, 0) is 0 Å². The van der Waals surface area contributed by atoms with Crippen LogP contribution >= 0.6 is 0 Å². The Morgan fingerprint density at radius 1 is 0.381 bits per heavy atom. The van der Waals surface area contributed by atoms with Gasteiger partial charge in [-0.2, -0.15) is 0 Å². The lowest BCUT2D eigenvalue weighted by Gasteiger charge is -2.54. The van der Waals surface area contributed by atoms with Crippen LogP contribution in [0.5, 0.6) is 0 Å². The van der Waals surface area contributed by atoms with Crippen molar-refractivity contribution in [2.75, 3.05) is 0 Å². The second-order valence-electron chi connectivity index (χ2n) is 11.2. The molecule has 2 N–H and O–H groups in total. The van der Waals surface area contributed by atoms with Crippen LogP contribution in [0.15, 0.2) is 133 Å². The van der Waals surface area contributed by atoms with Crippen molar-refractivity contribution in [3.05, 3.63) is 167 Å². The molecule has 1 fully saturated rings. The van der Waals surface area contributed by atoms with Crippen molar-refractivity contribution in [2.45, 2.75) is 23.7 Å². The zero-order chi connectivity index (χ0) is 28.8. The number of carboxylic acids is 2. The topological polar surface area (TPSA) is 74.6 Å². The monoisotopic (exact) mass is 548 g/mol. The van der Waals surface area contributed by atoms with Crippen molar-refractivity contribution in [3.63, 3.8) is 0 Å². The zero-order valence-corrected chi connectivity index (χ0v) is 22.7. The summed E-state index contributed by atoms with van der Waals surface area (Å²) in [6, 6.07) is 44.8. The zero-order valence-electron chi connectivity index (χ0n) is 22.7. The SMILES string of the molecule is O=C(O)c1ccc2cc([C@@H]3[C@@H](c4ccccc4)[C@@H](c4ccccc4)[C@@H]3c3ccc4cc(C(=O)O)ccc4c3)ccc2c1. The number of carboxylic acid groups (broad SMARTS) is 2. The van der Waals surface area contributed by atoms with Gasteiger partial charge in [-0.3, -0.25) is 0 Å². The predicted octanol–water partition coefficient (Wildman–Crippen LogP) is 8.84. The van der Waals surface area contributed by atoms with Crippen molar-refractivity contribution < 1.29 is 19.8 Å². The van der Waals surface area contributed by atoms with E-state index in [2.05, 4.69) is 84.9 Å². The average molecular weight is 549 g/mol. The highest BCUT2D eigenvalue weighted by Gasteiger charge is 2.52. The molecule has 4 atom stereocenters. The van der Waals surface area contributed by atoms with Gasteiger partial charge < -0.3 is 10.2 Å². The van der Waals surface area contributed by atoms with Gasteiger partial charge in [0.15, 0.2) is 0 Å². The number of rotatable bonds is 6. The minimum absolute atomic E-state index is 0.178. The van der Waals surface area contributed by atoms with E-state index < -0.39 is 11.9 Å². The number of hydrogen-bond acceptors (Lipinski definition) is 2. The van der Waals surface area contributed by atoms with E-state index in [9.17, 15) is 19.8 Å². The van der Waals surface area contributed by atoms with Crippen LogP contribution in [-0.4, -0.2) is 22.2 Å². The Kier molecular flexibility index (Phi) is 6.32. The van der Waals surface area contributed by atoms with E-state index in [0.29, 0.717) is 0 Å². The summed E-state index contributed by atoms with van der Waals surface area (Å²) in [7, 11) is 0. The Bertz CT molecular complexity index is 1820. The molecule has 0 amide bonds. The molecule has 0 spiro atoms. The molecule has 4 nitrogen and oxygen atoms in total. The Morgan fingerprint density at radius 2 is 0.714 bits per heavy atom. The van der Waals surface area contributed by atoms with Gasteiger partial charge in [0.25, 0.3) is 0 Å². The molecule has 0 aliphatic heterocycles. The third-order valence-corrected chi connectivity index (χ3v) is 8.91. The summed E-state index contributed by atoms with van der Waals surface area (Å²) in [4.78, 5) is 23.1. The number of aromatic carboxylic acids is 2. The van der Waals surface area contributed by atoms with Crippen molar-refractivity contribution in [3.8, 4) is 0 Å². The Labute approximate surface area is 243 Å². The summed E-state index contributed by atoms with van der Waals surface area (Å²) in [6.07, 6.45) is 0. The molecule has 0 bridgehead atoms. The van der Waals surface area contributed by atoms with Crippen LogP contribution in [0.3, 0.4) is 0 Å². The van der Waals surface area contributed by atoms with E-state index in [4.69, 9.17) is 0 Å². The van der Waals surface area contributed by atoms with Crippen molar-refractivity contribution in [1.29, 1.82) is 0 Å². The second kappa shape index (κ2) is 10.3. The van der Waals surface area contributed by atoms with E-state index in [0.717, 1.165) is 21.5 Å². The largest absolute Gasteiger partial charge is 0.478 e. The molecule has 1 aliphatic carbocycles. The van der Waals surface area contributed by atoms with E-state index in [1.807, 2.05) is 24.3 Å². The van der Waals surface area contributed by atoms with Gasteiger partial charge >= 0.3 is 11.9 Å². The lowest BCUT2D eigenvalue weighted by Crippen LogP contribution is -2.40. The first-order chi connectivity index (χ1) is 20.5. The lowest BCUT2D eigenvalue weighted by molar-refractivity contribution is 0.0686. The van der Waals surface area contributed by atoms with Crippen LogP contribution in [0, 0.1) is 0 Å². The van der Waals surface area contributed by atoms with Crippen LogP contribution in [0.2, 0.25) is 0 Å². The molecule has 42 heavy (non-hydrogen) atoms. The first-order valence-corrected chi connectivity index (χ1v) is 14.1. The van der Waals surface area contributed by atoms with Gasteiger partial charge in [-0.25, -0.2) is 9.59 Å². The van der Waals surface area contributed by atoms with Crippen molar-refractivity contribution >= 4 is 33.5 Å². The minimum Gasteiger partial charge on any atom is -0.478 e. The third-order valence-electron chi connectivity index (χ3n) is 8.91. The van der Waals surface area contributed by atoms with Gasteiger partial charge in [0.05, 0.1) is 11.1 Å². The number of fused-ring (bicyclic) bond motifs is 2. The van der Waals surface area contributed by atoms with E-state index in [1.165, 1.54) is 22.3 Å². The Morgan fingerprint density at radius 3 is 1.10 bits per heavy atom. The van der Waals surface area contributed by atoms with Crippen LogP contribution in [0.4, 0.5) is 0 Å². The highest BCUT2D eigenvalue weighted by Crippen LogP contribution is 2.66. The standard InChI is InChI=1S/C38H28O4/c39-37(40)31-17-13-25-19-29(15-11-27(25)21-31)35-33(23-7-3-1-4-8-23)34(24-9-5-2-6-10-24)36(35)30-16-12-28-22-32(38(41)42)18-14-26(28)20-30/h1-22,33-36H,(H,39,40)(H,41,42)/t33-,34+,35+,36-. The molecule has 6 aromatic carbocycles. The molecule has 0 aromatic heterocycles. The smallest absolute Gasteiger partial charge is 0.335 e. The van der Waals surface area contributed by atoms with Gasteiger partial charge in [-0.05, 0) is 91.7 Å². The van der Waals surface area contributed by atoms with Gasteiger partial charge in [-0.1, -0.05) is 109 Å². The molecule has 204 valence electrons. The molecular formula is C38H28O4. The van der Waals surface area contributed by atoms with Crippen LogP contribution in [0.25, 0.3) is 21.5 Å².